The molecular weight excluding hydrogens is 348 g/mol. The van der Waals surface area contributed by atoms with Gasteiger partial charge in [0.25, 0.3) is 8.32 Å². The molecule has 2 nitrogen and oxygen atoms in total. The zero-order chi connectivity index (χ0) is 20.4. The van der Waals surface area contributed by atoms with Gasteiger partial charge in [-0.1, -0.05) is 83.9 Å². The molecule has 1 rings (SSSR count). The molecule has 148 valence electrons. The predicted octanol–water partition coefficient (Wildman–Crippen LogP) is 6.81. The lowest BCUT2D eigenvalue weighted by molar-refractivity contribution is 0.125. The lowest BCUT2D eigenvalue weighted by Crippen LogP contribution is -2.47. The molecule has 0 saturated carbocycles. The van der Waals surface area contributed by atoms with E-state index in [0.29, 0.717) is 23.2 Å². The standard InChI is InChI=1S/C24H36O2Si/c1-9-17-25-22(8)18-24(16-15-23-13-11-10-12-14-23)26-27(19(2)3,20(4)5)21(6)7/h1,10-16,18-22H,17H2,2-8H3/b16-15+,24-18-. The second-order valence-electron chi connectivity index (χ2n) is 7.95. The predicted molar refractivity (Wildman–Crippen MR) is 120 cm³/mol. The Morgan fingerprint density at radius 1 is 1.00 bits per heavy atom. The fourth-order valence-electron chi connectivity index (χ4n) is 3.88. The Labute approximate surface area is 167 Å². The van der Waals surface area contributed by atoms with Gasteiger partial charge in [0, 0.05) is 0 Å². The summed E-state index contributed by atoms with van der Waals surface area (Å²) in [4.78, 5) is 0. The Bertz CT molecular complexity index is 629. The van der Waals surface area contributed by atoms with E-state index in [2.05, 4.69) is 71.7 Å². The van der Waals surface area contributed by atoms with Crippen molar-refractivity contribution in [1.82, 2.24) is 0 Å². The van der Waals surface area contributed by atoms with Crippen molar-refractivity contribution < 1.29 is 9.16 Å². The highest BCUT2D eigenvalue weighted by molar-refractivity contribution is 6.77. The molecule has 1 unspecified atom stereocenters. The monoisotopic (exact) mass is 384 g/mol. The molecule has 0 heterocycles. The zero-order valence-corrected chi connectivity index (χ0v) is 19.0. The van der Waals surface area contributed by atoms with Crippen molar-refractivity contribution in [3.8, 4) is 12.3 Å². The van der Waals surface area contributed by atoms with Crippen LogP contribution in [0.5, 0.6) is 0 Å². The van der Waals surface area contributed by atoms with Crippen LogP contribution >= 0.6 is 0 Å². The zero-order valence-electron chi connectivity index (χ0n) is 18.0. The molecule has 27 heavy (non-hydrogen) atoms. The van der Waals surface area contributed by atoms with Crippen molar-refractivity contribution in [2.24, 2.45) is 0 Å². The highest BCUT2D eigenvalue weighted by atomic mass is 28.4. The molecule has 1 atom stereocenters. The van der Waals surface area contributed by atoms with E-state index in [9.17, 15) is 0 Å². The first kappa shape index (κ1) is 23.3. The van der Waals surface area contributed by atoms with E-state index in [1.807, 2.05) is 31.2 Å². The van der Waals surface area contributed by atoms with Crippen molar-refractivity contribution in [1.29, 1.82) is 0 Å². The average molecular weight is 385 g/mol. The molecule has 0 saturated heterocycles. The van der Waals surface area contributed by atoms with Crippen molar-refractivity contribution >= 4 is 14.4 Å². The number of terminal acetylenes is 1. The highest BCUT2D eigenvalue weighted by Gasteiger charge is 2.47. The van der Waals surface area contributed by atoms with Crippen LogP contribution in [0.15, 0.2) is 48.2 Å². The van der Waals surface area contributed by atoms with Crippen molar-refractivity contribution in [2.75, 3.05) is 6.61 Å². The van der Waals surface area contributed by atoms with Crippen LogP contribution in [0.25, 0.3) is 6.08 Å². The second-order valence-corrected chi connectivity index (χ2v) is 13.3. The maximum absolute atomic E-state index is 6.88. The van der Waals surface area contributed by atoms with Gasteiger partial charge >= 0.3 is 0 Å². The largest absolute Gasteiger partial charge is 0.543 e. The summed E-state index contributed by atoms with van der Waals surface area (Å²) >= 11 is 0. The minimum Gasteiger partial charge on any atom is -0.543 e. The van der Waals surface area contributed by atoms with Crippen LogP contribution in [-0.2, 0) is 9.16 Å². The first-order valence-corrected chi connectivity index (χ1v) is 12.1. The van der Waals surface area contributed by atoms with E-state index in [4.69, 9.17) is 15.6 Å². The Kier molecular flexibility index (Phi) is 9.62. The third-order valence-electron chi connectivity index (χ3n) is 5.07. The van der Waals surface area contributed by atoms with Gasteiger partial charge in [0.1, 0.15) is 12.4 Å². The molecule has 3 heteroatoms. The topological polar surface area (TPSA) is 18.5 Å². The van der Waals surface area contributed by atoms with Gasteiger partial charge in [-0.25, -0.2) is 0 Å². The van der Waals surface area contributed by atoms with Gasteiger partial charge in [0.05, 0.1) is 6.10 Å². The van der Waals surface area contributed by atoms with Crippen molar-refractivity contribution in [2.45, 2.75) is 71.2 Å². The van der Waals surface area contributed by atoms with E-state index in [0.717, 1.165) is 11.3 Å². The van der Waals surface area contributed by atoms with E-state index < -0.39 is 8.32 Å². The summed E-state index contributed by atoms with van der Waals surface area (Å²) in [6.07, 6.45) is 11.4. The van der Waals surface area contributed by atoms with Gasteiger partial charge in [0.15, 0.2) is 0 Å². The molecule has 0 fully saturated rings. The number of benzene rings is 1. The minimum atomic E-state index is -2.04. The van der Waals surface area contributed by atoms with Gasteiger partial charge in [-0.2, -0.15) is 0 Å². The van der Waals surface area contributed by atoms with Crippen LogP contribution in [0.2, 0.25) is 16.6 Å². The molecule has 1 aromatic carbocycles. The average Bonchev–Trinajstić information content (AvgIpc) is 2.62. The SMILES string of the molecule is C#CCOC(C)/C=C(/C=C/c1ccccc1)O[Si](C(C)C)(C(C)C)C(C)C. The third kappa shape index (κ3) is 6.72. The Balaban J connectivity index is 3.24. The van der Waals surface area contributed by atoms with Gasteiger partial charge in [-0.05, 0) is 41.3 Å². The third-order valence-corrected chi connectivity index (χ3v) is 11.1. The second kappa shape index (κ2) is 11.2. The number of hydrogen-bond donors (Lipinski definition) is 0. The molecular formula is C24H36O2Si. The van der Waals surface area contributed by atoms with Crippen LogP contribution < -0.4 is 0 Å². The van der Waals surface area contributed by atoms with E-state index in [-0.39, 0.29) is 6.10 Å². The summed E-state index contributed by atoms with van der Waals surface area (Å²) in [5.74, 6) is 3.41. The maximum atomic E-state index is 6.88. The highest BCUT2D eigenvalue weighted by Crippen LogP contribution is 2.43. The number of ether oxygens (including phenoxy) is 1. The molecule has 0 aromatic heterocycles. The summed E-state index contributed by atoms with van der Waals surface area (Å²) in [6, 6.07) is 10.3. The molecule has 0 aliphatic carbocycles. The lowest BCUT2D eigenvalue weighted by Gasteiger charge is -2.42. The Morgan fingerprint density at radius 2 is 1.56 bits per heavy atom. The van der Waals surface area contributed by atoms with Crippen LogP contribution in [0.1, 0.15) is 54.0 Å². The van der Waals surface area contributed by atoms with Gasteiger partial charge < -0.3 is 9.16 Å². The van der Waals surface area contributed by atoms with Gasteiger partial charge in [-0.15, -0.1) is 6.42 Å². The molecule has 0 aliphatic rings. The van der Waals surface area contributed by atoms with Crippen molar-refractivity contribution in [3.63, 3.8) is 0 Å². The minimum absolute atomic E-state index is 0.102. The summed E-state index contributed by atoms with van der Waals surface area (Å²) in [7, 11) is -2.04. The van der Waals surface area contributed by atoms with E-state index in [1.165, 1.54) is 0 Å². The van der Waals surface area contributed by atoms with E-state index in [1.54, 1.807) is 0 Å². The van der Waals surface area contributed by atoms with Crippen LogP contribution in [0.3, 0.4) is 0 Å². The van der Waals surface area contributed by atoms with Crippen LogP contribution in [-0.4, -0.2) is 21.0 Å². The molecule has 1 aromatic rings. The fraction of sp³-hybridized carbons (Fsp3) is 0.500. The maximum Gasteiger partial charge on any atom is 0.258 e. The van der Waals surface area contributed by atoms with Crippen molar-refractivity contribution in [3.05, 3.63) is 53.8 Å². The Hall–Kier alpha value is -1.76. The van der Waals surface area contributed by atoms with Crippen LogP contribution in [0, 0.1) is 12.3 Å². The number of rotatable bonds is 10. The molecule has 0 aliphatic heterocycles. The summed E-state index contributed by atoms with van der Waals surface area (Å²) in [5, 5.41) is 0. The summed E-state index contributed by atoms with van der Waals surface area (Å²) < 4.78 is 12.5. The summed E-state index contributed by atoms with van der Waals surface area (Å²) in [6.45, 7) is 16.1. The molecule has 0 bridgehead atoms. The molecule has 0 spiro atoms. The first-order chi connectivity index (χ1) is 12.7. The summed E-state index contributed by atoms with van der Waals surface area (Å²) in [5.41, 5.74) is 2.67. The molecule has 0 amide bonds. The Morgan fingerprint density at radius 3 is 2.04 bits per heavy atom. The smallest absolute Gasteiger partial charge is 0.258 e. The lowest BCUT2D eigenvalue weighted by atomic mass is 10.2. The van der Waals surface area contributed by atoms with Gasteiger partial charge in [0.2, 0.25) is 0 Å². The molecule has 0 N–H and O–H groups in total. The number of allylic oxidation sites excluding steroid dienone is 1. The quantitative estimate of drug-likeness (QED) is 0.191. The first-order valence-electron chi connectivity index (χ1n) is 9.93. The van der Waals surface area contributed by atoms with E-state index >= 15 is 0 Å². The molecule has 0 radical (unpaired) electrons. The van der Waals surface area contributed by atoms with Crippen LogP contribution in [0.4, 0.5) is 0 Å². The fourth-order valence-corrected chi connectivity index (χ4v) is 9.13. The van der Waals surface area contributed by atoms with Gasteiger partial charge in [-0.3, -0.25) is 0 Å². The number of hydrogen-bond acceptors (Lipinski definition) is 2. The normalized spacial score (nSPS) is 14.2.